The van der Waals surface area contributed by atoms with Crippen LogP contribution in [0.5, 0.6) is 0 Å². The molecule has 2 aromatic carbocycles. The van der Waals surface area contributed by atoms with E-state index in [0.29, 0.717) is 6.54 Å². The first kappa shape index (κ1) is 21.6. The van der Waals surface area contributed by atoms with E-state index in [9.17, 15) is 14.4 Å². The van der Waals surface area contributed by atoms with Crippen LogP contribution in [0.2, 0.25) is 0 Å². The minimum atomic E-state index is -0.441. The minimum Gasteiger partial charge on any atom is -0.336 e. The number of nitrogens with one attached hydrogen (secondary N) is 1. The van der Waals surface area contributed by atoms with E-state index < -0.39 is 5.92 Å². The lowest BCUT2D eigenvalue weighted by Crippen LogP contribution is -2.39. The molecule has 6 heteroatoms. The van der Waals surface area contributed by atoms with Gasteiger partial charge in [0.2, 0.25) is 17.7 Å². The van der Waals surface area contributed by atoms with Crippen LogP contribution in [0.25, 0.3) is 0 Å². The highest BCUT2D eigenvalue weighted by Crippen LogP contribution is 2.27. The Bertz CT molecular complexity index is 941. The monoisotopic (exact) mass is 407 g/mol. The van der Waals surface area contributed by atoms with Gasteiger partial charge in [0.05, 0.1) is 12.5 Å². The van der Waals surface area contributed by atoms with Crippen molar-refractivity contribution in [3.05, 3.63) is 59.7 Å². The van der Waals surface area contributed by atoms with E-state index >= 15 is 0 Å². The summed E-state index contributed by atoms with van der Waals surface area (Å²) >= 11 is 0. The molecule has 0 saturated carbocycles. The number of aryl methyl sites for hydroxylation is 2. The Kier molecular flexibility index (Phi) is 6.87. The van der Waals surface area contributed by atoms with Crippen molar-refractivity contribution in [2.45, 2.75) is 33.1 Å². The summed E-state index contributed by atoms with van der Waals surface area (Å²) in [5, 5.41) is 2.88. The Morgan fingerprint density at radius 3 is 2.60 bits per heavy atom. The zero-order valence-corrected chi connectivity index (χ0v) is 17.9. The Balaban J connectivity index is 1.60. The largest absolute Gasteiger partial charge is 0.336 e. The quantitative estimate of drug-likeness (QED) is 0.766. The van der Waals surface area contributed by atoms with Crippen LogP contribution >= 0.6 is 0 Å². The number of anilines is 2. The lowest BCUT2D eigenvalue weighted by atomic mass is 10.1. The molecule has 3 rings (SSSR count). The second-order valence-corrected chi connectivity index (χ2v) is 7.68. The zero-order chi connectivity index (χ0) is 21.7. The summed E-state index contributed by atoms with van der Waals surface area (Å²) in [5.74, 6) is -0.931. The van der Waals surface area contributed by atoms with Crippen LogP contribution in [0.1, 0.15) is 31.4 Å². The molecule has 1 saturated heterocycles. The van der Waals surface area contributed by atoms with Crippen molar-refractivity contribution in [2.24, 2.45) is 5.92 Å². The van der Waals surface area contributed by atoms with Crippen LogP contribution in [0, 0.1) is 5.92 Å². The normalized spacial score (nSPS) is 15.9. The summed E-state index contributed by atoms with van der Waals surface area (Å²) < 4.78 is 0. The van der Waals surface area contributed by atoms with Gasteiger partial charge in [-0.3, -0.25) is 14.4 Å². The lowest BCUT2D eigenvalue weighted by molar-refractivity contribution is -0.137. The maximum absolute atomic E-state index is 12.9. The molecule has 0 unspecified atom stereocenters. The third-order valence-corrected chi connectivity index (χ3v) is 5.53. The summed E-state index contributed by atoms with van der Waals surface area (Å²) in [6.07, 6.45) is 1.86. The fourth-order valence-corrected chi connectivity index (χ4v) is 3.81. The van der Waals surface area contributed by atoms with Gasteiger partial charge in [0.1, 0.15) is 0 Å². The summed E-state index contributed by atoms with van der Waals surface area (Å²) in [7, 11) is 1.61. The SMILES string of the molecule is CCc1cccc(N2C[C@@H](C(=O)N(C)CC(=O)Nc3ccccc3CC)CC2=O)c1. The Morgan fingerprint density at radius 1 is 1.10 bits per heavy atom. The van der Waals surface area contributed by atoms with Crippen LogP contribution in [0.15, 0.2) is 48.5 Å². The molecule has 2 aromatic rings. The van der Waals surface area contributed by atoms with Crippen LogP contribution in [0.4, 0.5) is 11.4 Å². The number of rotatable bonds is 7. The molecule has 0 bridgehead atoms. The summed E-state index contributed by atoms with van der Waals surface area (Å²) in [6, 6.07) is 15.5. The van der Waals surface area contributed by atoms with Crippen LogP contribution in [-0.4, -0.2) is 42.8 Å². The van der Waals surface area contributed by atoms with Crippen molar-refractivity contribution in [3.8, 4) is 0 Å². The number of nitrogens with zero attached hydrogens (tertiary/aromatic N) is 2. The maximum Gasteiger partial charge on any atom is 0.243 e. The Morgan fingerprint density at radius 2 is 1.87 bits per heavy atom. The highest BCUT2D eigenvalue weighted by Gasteiger charge is 2.36. The first-order valence-electron chi connectivity index (χ1n) is 10.4. The fourth-order valence-electron chi connectivity index (χ4n) is 3.81. The minimum absolute atomic E-state index is 0.0487. The van der Waals surface area contributed by atoms with Gasteiger partial charge in [-0.15, -0.1) is 0 Å². The zero-order valence-electron chi connectivity index (χ0n) is 17.9. The summed E-state index contributed by atoms with van der Waals surface area (Å²) in [4.78, 5) is 40.9. The van der Waals surface area contributed by atoms with E-state index in [4.69, 9.17) is 0 Å². The molecular formula is C24H29N3O3. The second-order valence-electron chi connectivity index (χ2n) is 7.68. The highest BCUT2D eigenvalue weighted by molar-refractivity contribution is 6.01. The van der Waals surface area contributed by atoms with Crippen molar-refractivity contribution in [1.29, 1.82) is 0 Å². The number of carbonyl (C=O) groups excluding carboxylic acids is 3. The summed E-state index contributed by atoms with van der Waals surface area (Å²) in [5.41, 5.74) is 3.79. The van der Waals surface area contributed by atoms with Crippen molar-refractivity contribution in [3.63, 3.8) is 0 Å². The maximum atomic E-state index is 12.9. The van der Waals surface area contributed by atoms with E-state index in [1.807, 2.05) is 55.5 Å². The van der Waals surface area contributed by atoms with Gasteiger partial charge < -0.3 is 15.1 Å². The van der Waals surface area contributed by atoms with Crippen LogP contribution in [0.3, 0.4) is 0 Å². The molecule has 1 fully saturated rings. The molecule has 3 amide bonds. The average molecular weight is 408 g/mol. The number of para-hydroxylation sites is 1. The number of carbonyl (C=O) groups is 3. The molecule has 0 aromatic heterocycles. The molecular weight excluding hydrogens is 378 g/mol. The molecule has 1 aliphatic heterocycles. The van der Waals surface area contributed by atoms with Crippen molar-refractivity contribution >= 4 is 29.1 Å². The van der Waals surface area contributed by atoms with Gasteiger partial charge in [-0.05, 0) is 42.2 Å². The average Bonchev–Trinajstić information content (AvgIpc) is 3.15. The molecule has 0 spiro atoms. The van der Waals surface area contributed by atoms with Gasteiger partial charge in [-0.2, -0.15) is 0 Å². The topological polar surface area (TPSA) is 69.7 Å². The fraction of sp³-hybridized carbons (Fsp3) is 0.375. The number of benzene rings is 2. The molecule has 6 nitrogen and oxygen atoms in total. The van der Waals surface area contributed by atoms with Crippen molar-refractivity contribution in [2.75, 3.05) is 30.4 Å². The molecule has 1 heterocycles. The molecule has 0 aliphatic carbocycles. The number of hydrogen-bond acceptors (Lipinski definition) is 3. The second kappa shape index (κ2) is 9.57. The van der Waals surface area contributed by atoms with Gasteiger partial charge in [0.25, 0.3) is 0 Å². The Hall–Kier alpha value is -3.15. The standard InChI is InChI=1S/C24H29N3O3/c1-4-17-9-8-11-20(13-17)27-15-19(14-23(27)29)24(30)26(3)16-22(28)25-21-12-7-6-10-18(21)5-2/h6-13,19H,4-5,14-16H2,1-3H3,(H,25,28)/t19-/m0/s1. The van der Waals surface area contributed by atoms with E-state index in [-0.39, 0.29) is 30.7 Å². The van der Waals surface area contributed by atoms with E-state index in [1.54, 1.807) is 11.9 Å². The molecule has 30 heavy (non-hydrogen) atoms. The summed E-state index contributed by atoms with van der Waals surface area (Å²) in [6.45, 7) is 4.39. The highest BCUT2D eigenvalue weighted by atomic mass is 16.2. The molecule has 1 N–H and O–H groups in total. The van der Waals surface area contributed by atoms with Gasteiger partial charge in [0, 0.05) is 31.4 Å². The first-order valence-corrected chi connectivity index (χ1v) is 10.4. The van der Waals surface area contributed by atoms with E-state index in [1.165, 1.54) is 4.90 Å². The predicted molar refractivity (Wildman–Crippen MR) is 118 cm³/mol. The van der Waals surface area contributed by atoms with Gasteiger partial charge in [0.15, 0.2) is 0 Å². The smallest absolute Gasteiger partial charge is 0.243 e. The van der Waals surface area contributed by atoms with Crippen LogP contribution in [-0.2, 0) is 27.2 Å². The lowest BCUT2D eigenvalue weighted by Gasteiger charge is -2.21. The number of amides is 3. The van der Waals surface area contributed by atoms with Crippen molar-refractivity contribution in [1.82, 2.24) is 4.90 Å². The van der Waals surface area contributed by atoms with E-state index in [0.717, 1.165) is 35.3 Å². The third-order valence-electron chi connectivity index (χ3n) is 5.53. The molecule has 1 atom stereocenters. The number of hydrogen-bond donors (Lipinski definition) is 1. The predicted octanol–water partition coefficient (Wildman–Crippen LogP) is 3.26. The Labute approximate surface area is 177 Å². The molecule has 0 radical (unpaired) electrons. The molecule has 1 aliphatic rings. The van der Waals surface area contributed by atoms with Gasteiger partial charge in [-0.1, -0.05) is 44.2 Å². The third kappa shape index (κ3) is 4.87. The molecule has 158 valence electrons. The number of likely N-dealkylation sites (N-methyl/N-ethyl adjacent to an activating group) is 1. The van der Waals surface area contributed by atoms with E-state index in [2.05, 4.69) is 12.2 Å². The van der Waals surface area contributed by atoms with Gasteiger partial charge >= 0.3 is 0 Å². The first-order chi connectivity index (χ1) is 14.4. The van der Waals surface area contributed by atoms with Crippen LogP contribution < -0.4 is 10.2 Å². The van der Waals surface area contributed by atoms with Gasteiger partial charge in [-0.25, -0.2) is 0 Å². The van der Waals surface area contributed by atoms with Crippen molar-refractivity contribution < 1.29 is 14.4 Å².